The van der Waals surface area contributed by atoms with E-state index >= 15 is 0 Å². The molecule has 5 heteroatoms. The fourth-order valence-electron chi connectivity index (χ4n) is 1.67. The van der Waals surface area contributed by atoms with Crippen LogP contribution in [0.5, 0.6) is 0 Å². The molecule has 2 N–H and O–H groups in total. The van der Waals surface area contributed by atoms with Gasteiger partial charge in [-0.3, -0.25) is 0 Å². The van der Waals surface area contributed by atoms with Crippen LogP contribution < -0.4 is 0 Å². The van der Waals surface area contributed by atoms with Gasteiger partial charge in [-0.05, 0) is 35.4 Å². The lowest BCUT2D eigenvalue weighted by molar-refractivity contribution is 0.0683. The van der Waals surface area contributed by atoms with Crippen LogP contribution in [-0.4, -0.2) is 22.2 Å². The van der Waals surface area contributed by atoms with Gasteiger partial charge in [-0.2, -0.15) is 0 Å². The number of hydrogen-bond donors (Lipinski definition) is 2. The second-order valence-corrected chi connectivity index (χ2v) is 3.88. The highest BCUT2D eigenvalue weighted by molar-refractivity contribution is 5.89. The first-order valence-corrected chi connectivity index (χ1v) is 5.35. The summed E-state index contributed by atoms with van der Waals surface area (Å²) in [5, 5.41) is 17.5. The number of carboxylic acid groups (broad SMARTS) is 2. The Morgan fingerprint density at radius 2 is 1.42 bits per heavy atom. The van der Waals surface area contributed by atoms with Crippen LogP contribution in [0, 0.1) is 5.82 Å². The summed E-state index contributed by atoms with van der Waals surface area (Å²) < 4.78 is 13.5. The zero-order valence-electron chi connectivity index (χ0n) is 9.63. The van der Waals surface area contributed by atoms with Gasteiger partial charge in [-0.1, -0.05) is 18.2 Å². The fourth-order valence-corrected chi connectivity index (χ4v) is 1.67. The van der Waals surface area contributed by atoms with Crippen molar-refractivity contribution in [3.05, 3.63) is 59.4 Å². The molecular formula is C14H9FO4. The number of benzene rings is 2. The molecule has 0 aromatic heterocycles. The van der Waals surface area contributed by atoms with Crippen molar-refractivity contribution in [3.8, 4) is 11.1 Å². The predicted octanol–water partition coefficient (Wildman–Crippen LogP) is 2.89. The first-order valence-electron chi connectivity index (χ1n) is 5.35. The van der Waals surface area contributed by atoms with Crippen LogP contribution in [-0.2, 0) is 0 Å². The maximum atomic E-state index is 13.5. The Bertz CT molecular complexity index is 647. The van der Waals surface area contributed by atoms with Gasteiger partial charge in [-0.15, -0.1) is 0 Å². The van der Waals surface area contributed by atoms with E-state index in [0.29, 0.717) is 11.1 Å². The van der Waals surface area contributed by atoms with Crippen LogP contribution in [0.2, 0.25) is 0 Å². The van der Waals surface area contributed by atoms with E-state index in [1.807, 2.05) is 0 Å². The van der Waals surface area contributed by atoms with Crippen LogP contribution in [0.4, 0.5) is 4.39 Å². The van der Waals surface area contributed by atoms with Crippen molar-refractivity contribution in [1.82, 2.24) is 0 Å². The van der Waals surface area contributed by atoms with E-state index in [4.69, 9.17) is 10.2 Å². The highest BCUT2D eigenvalue weighted by Crippen LogP contribution is 2.22. The zero-order valence-corrected chi connectivity index (χ0v) is 9.63. The molecule has 0 bridgehead atoms. The van der Waals surface area contributed by atoms with Crippen molar-refractivity contribution in [2.75, 3.05) is 0 Å². The smallest absolute Gasteiger partial charge is 0.338 e. The lowest BCUT2D eigenvalue weighted by atomic mass is 10.0. The van der Waals surface area contributed by atoms with Crippen LogP contribution >= 0.6 is 0 Å². The summed E-state index contributed by atoms with van der Waals surface area (Å²) >= 11 is 0. The number of carboxylic acids is 2. The standard InChI is InChI=1S/C14H9FO4/c15-12-7-10(5-6-11(12)14(18)19)8-1-3-9(4-2-8)13(16)17/h1-7H,(H,16,17)(H,18,19). The molecule has 0 saturated carbocycles. The summed E-state index contributed by atoms with van der Waals surface area (Å²) in [5.74, 6) is -3.20. The Kier molecular flexibility index (Phi) is 3.29. The highest BCUT2D eigenvalue weighted by atomic mass is 19.1. The second-order valence-electron chi connectivity index (χ2n) is 3.88. The Morgan fingerprint density at radius 3 is 1.89 bits per heavy atom. The molecule has 2 aromatic rings. The van der Waals surface area contributed by atoms with Crippen molar-refractivity contribution < 1.29 is 24.2 Å². The number of halogens is 1. The molecule has 0 saturated heterocycles. The molecule has 0 aliphatic rings. The average Bonchev–Trinajstić information content (AvgIpc) is 2.38. The molecule has 0 aliphatic heterocycles. The molecule has 0 heterocycles. The normalized spacial score (nSPS) is 10.2. The van der Waals surface area contributed by atoms with Gasteiger partial charge in [0.05, 0.1) is 11.1 Å². The predicted molar refractivity (Wildman–Crippen MR) is 65.8 cm³/mol. The third-order valence-electron chi connectivity index (χ3n) is 2.66. The molecular weight excluding hydrogens is 251 g/mol. The third kappa shape index (κ3) is 2.60. The molecule has 0 amide bonds. The van der Waals surface area contributed by atoms with Crippen LogP contribution in [0.1, 0.15) is 20.7 Å². The largest absolute Gasteiger partial charge is 0.478 e. The van der Waals surface area contributed by atoms with E-state index in [2.05, 4.69) is 0 Å². The summed E-state index contributed by atoms with van der Waals surface area (Å²) in [6.07, 6.45) is 0. The van der Waals surface area contributed by atoms with Crippen molar-refractivity contribution in [3.63, 3.8) is 0 Å². The molecule has 96 valence electrons. The molecule has 0 unspecified atom stereocenters. The maximum Gasteiger partial charge on any atom is 0.338 e. The SMILES string of the molecule is O=C(O)c1ccc(-c2ccc(C(=O)O)c(F)c2)cc1. The van der Waals surface area contributed by atoms with Crippen molar-refractivity contribution in [1.29, 1.82) is 0 Å². The summed E-state index contributed by atoms with van der Waals surface area (Å²) in [6.45, 7) is 0. The number of carbonyl (C=O) groups is 2. The molecule has 0 aliphatic carbocycles. The molecule has 0 atom stereocenters. The van der Waals surface area contributed by atoms with Crippen molar-refractivity contribution >= 4 is 11.9 Å². The Morgan fingerprint density at radius 1 is 0.842 bits per heavy atom. The van der Waals surface area contributed by atoms with E-state index in [-0.39, 0.29) is 5.56 Å². The summed E-state index contributed by atoms with van der Waals surface area (Å²) in [4.78, 5) is 21.4. The Labute approximate surface area is 107 Å². The van der Waals surface area contributed by atoms with Gasteiger partial charge < -0.3 is 10.2 Å². The maximum absolute atomic E-state index is 13.5. The molecule has 2 rings (SSSR count). The lowest BCUT2D eigenvalue weighted by Crippen LogP contribution is -2.00. The molecule has 19 heavy (non-hydrogen) atoms. The number of rotatable bonds is 3. The average molecular weight is 260 g/mol. The minimum Gasteiger partial charge on any atom is -0.478 e. The van der Waals surface area contributed by atoms with Gasteiger partial charge in [0.2, 0.25) is 0 Å². The van der Waals surface area contributed by atoms with E-state index in [0.717, 1.165) is 6.07 Å². The quantitative estimate of drug-likeness (QED) is 0.889. The van der Waals surface area contributed by atoms with Gasteiger partial charge in [0.15, 0.2) is 0 Å². The van der Waals surface area contributed by atoms with Gasteiger partial charge in [0, 0.05) is 0 Å². The summed E-state index contributed by atoms with van der Waals surface area (Å²) in [5.41, 5.74) is 0.831. The Balaban J connectivity index is 2.39. The van der Waals surface area contributed by atoms with E-state index in [9.17, 15) is 14.0 Å². The molecule has 0 spiro atoms. The van der Waals surface area contributed by atoms with Crippen LogP contribution in [0.15, 0.2) is 42.5 Å². The van der Waals surface area contributed by atoms with Crippen molar-refractivity contribution in [2.24, 2.45) is 0 Å². The minimum atomic E-state index is -1.33. The molecule has 0 fully saturated rings. The third-order valence-corrected chi connectivity index (χ3v) is 2.66. The topological polar surface area (TPSA) is 74.6 Å². The molecule has 0 radical (unpaired) electrons. The fraction of sp³-hybridized carbons (Fsp3) is 0. The van der Waals surface area contributed by atoms with Crippen LogP contribution in [0.25, 0.3) is 11.1 Å². The van der Waals surface area contributed by atoms with Crippen molar-refractivity contribution in [2.45, 2.75) is 0 Å². The van der Waals surface area contributed by atoms with E-state index in [1.165, 1.54) is 24.3 Å². The van der Waals surface area contributed by atoms with Gasteiger partial charge in [0.25, 0.3) is 0 Å². The molecule has 2 aromatic carbocycles. The summed E-state index contributed by atoms with van der Waals surface area (Å²) in [7, 11) is 0. The monoisotopic (exact) mass is 260 g/mol. The number of hydrogen-bond acceptors (Lipinski definition) is 2. The van der Waals surface area contributed by atoms with E-state index in [1.54, 1.807) is 12.1 Å². The van der Waals surface area contributed by atoms with Gasteiger partial charge in [0.1, 0.15) is 5.82 Å². The Hall–Kier alpha value is -2.69. The number of aromatic carboxylic acids is 2. The first-order chi connectivity index (χ1) is 8.99. The lowest BCUT2D eigenvalue weighted by Gasteiger charge is -2.04. The second kappa shape index (κ2) is 4.89. The minimum absolute atomic E-state index is 0.131. The first kappa shape index (κ1) is 12.8. The molecule has 4 nitrogen and oxygen atoms in total. The zero-order chi connectivity index (χ0) is 14.0. The highest BCUT2D eigenvalue weighted by Gasteiger charge is 2.11. The summed E-state index contributed by atoms with van der Waals surface area (Å²) in [6, 6.07) is 9.65. The van der Waals surface area contributed by atoms with Crippen LogP contribution in [0.3, 0.4) is 0 Å². The van der Waals surface area contributed by atoms with E-state index < -0.39 is 23.3 Å². The van der Waals surface area contributed by atoms with Gasteiger partial charge in [-0.25, -0.2) is 14.0 Å². The van der Waals surface area contributed by atoms with Gasteiger partial charge >= 0.3 is 11.9 Å².